The van der Waals surface area contributed by atoms with Crippen LogP contribution < -0.4 is 5.56 Å². The predicted octanol–water partition coefficient (Wildman–Crippen LogP) is 4.89. The fourth-order valence-electron chi connectivity index (χ4n) is 6.15. The normalized spacial score (nSPS) is 18.7. The van der Waals surface area contributed by atoms with Gasteiger partial charge in [0.15, 0.2) is 0 Å². The van der Waals surface area contributed by atoms with Crippen LogP contribution in [-0.2, 0) is 24.4 Å². The fourth-order valence-corrected chi connectivity index (χ4v) is 6.15. The van der Waals surface area contributed by atoms with E-state index < -0.39 is 0 Å². The second-order valence-corrected chi connectivity index (χ2v) is 10.7. The van der Waals surface area contributed by atoms with Crippen molar-refractivity contribution < 1.29 is 9.53 Å². The summed E-state index contributed by atoms with van der Waals surface area (Å²) in [5.41, 5.74) is 6.24. The van der Waals surface area contributed by atoms with E-state index in [1.165, 1.54) is 11.1 Å². The number of hydrogen-bond donors (Lipinski definition) is 1. The van der Waals surface area contributed by atoms with E-state index in [0.717, 1.165) is 41.7 Å². The number of fused-ring (bicyclic) bond motifs is 4. The van der Waals surface area contributed by atoms with Crippen molar-refractivity contribution in [2.45, 2.75) is 57.9 Å². The molecule has 39 heavy (non-hydrogen) atoms. The smallest absolute Gasteiger partial charge is 0.294 e. The highest BCUT2D eigenvalue weighted by atomic mass is 16.5. The molecule has 1 N–H and O–H groups in total. The number of nitrogens with one attached hydrogen (secondary N) is 1. The maximum absolute atomic E-state index is 13.6. The minimum atomic E-state index is -0.322. The second kappa shape index (κ2) is 9.47. The number of aryl methyl sites for hydroxylation is 1. The lowest BCUT2D eigenvalue weighted by atomic mass is 10.0. The first-order valence-corrected chi connectivity index (χ1v) is 13.5. The van der Waals surface area contributed by atoms with Crippen molar-refractivity contribution >= 4 is 22.6 Å². The number of benzene rings is 3. The number of carbonyl (C=O) groups is 1. The molecule has 2 unspecified atom stereocenters. The molecule has 0 saturated heterocycles. The standard InChI is InChI=1S/C31H29N5O3/c1-19-14-26-25(15-24(19)31(38)35-16-21-10-5-6-11-22(21)17-35)32-30(37)29-34-33-28(36(26)29)23-12-7-13-27(23)39-18-20-8-3-2-4-9-20/h2-6,8-11,14-15,23,27H,7,12-13,16-18H2,1H3,(H,32,37). The van der Waals surface area contributed by atoms with Gasteiger partial charge in [0.25, 0.3) is 11.5 Å². The highest BCUT2D eigenvalue weighted by molar-refractivity contribution is 5.99. The molecule has 7 rings (SSSR count). The zero-order valence-electron chi connectivity index (χ0n) is 21.8. The summed E-state index contributed by atoms with van der Waals surface area (Å²) in [7, 11) is 0. The van der Waals surface area contributed by atoms with Gasteiger partial charge in [-0.1, -0.05) is 61.0 Å². The Kier molecular flexibility index (Phi) is 5.77. The van der Waals surface area contributed by atoms with Gasteiger partial charge < -0.3 is 14.6 Å². The van der Waals surface area contributed by atoms with Crippen LogP contribution in [0.15, 0.2) is 71.5 Å². The third kappa shape index (κ3) is 4.12. The molecule has 0 spiro atoms. The number of aromatic nitrogens is 4. The van der Waals surface area contributed by atoms with Gasteiger partial charge in [-0.3, -0.25) is 14.0 Å². The van der Waals surface area contributed by atoms with Crippen molar-refractivity contribution in [3.05, 3.63) is 111 Å². The summed E-state index contributed by atoms with van der Waals surface area (Å²) in [5.74, 6) is 0.726. The molecule has 2 atom stereocenters. The number of hydrogen-bond acceptors (Lipinski definition) is 5. The van der Waals surface area contributed by atoms with E-state index in [1.54, 1.807) is 6.07 Å². The van der Waals surface area contributed by atoms with Crippen LogP contribution in [0.4, 0.5) is 0 Å². The van der Waals surface area contributed by atoms with Crippen LogP contribution in [0.2, 0.25) is 0 Å². The lowest BCUT2D eigenvalue weighted by Gasteiger charge is -2.20. The SMILES string of the molecule is Cc1cc2c(cc1C(=O)N1Cc3ccccc3C1)[nH]c(=O)c1nnc(C3CCCC3OCc3ccccc3)n12. The van der Waals surface area contributed by atoms with Crippen molar-refractivity contribution in [1.82, 2.24) is 24.5 Å². The maximum Gasteiger partial charge on any atom is 0.294 e. The molecule has 3 aromatic carbocycles. The molecule has 1 amide bonds. The van der Waals surface area contributed by atoms with Gasteiger partial charge in [0.2, 0.25) is 5.65 Å². The van der Waals surface area contributed by atoms with Crippen molar-refractivity contribution in [2.24, 2.45) is 0 Å². The van der Waals surface area contributed by atoms with Crippen LogP contribution >= 0.6 is 0 Å². The second-order valence-electron chi connectivity index (χ2n) is 10.7. The molecule has 2 aromatic heterocycles. The number of ether oxygens (including phenoxy) is 1. The zero-order valence-corrected chi connectivity index (χ0v) is 21.8. The maximum atomic E-state index is 13.6. The van der Waals surface area contributed by atoms with Crippen LogP contribution in [0.1, 0.15) is 63.6 Å². The van der Waals surface area contributed by atoms with Gasteiger partial charge in [0.05, 0.1) is 23.7 Å². The van der Waals surface area contributed by atoms with Crippen molar-refractivity contribution in [2.75, 3.05) is 0 Å². The summed E-state index contributed by atoms with van der Waals surface area (Å²) in [6.45, 7) is 3.65. The van der Waals surface area contributed by atoms with Gasteiger partial charge >= 0.3 is 0 Å². The van der Waals surface area contributed by atoms with Gasteiger partial charge in [-0.15, -0.1) is 10.2 Å². The average molecular weight is 520 g/mol. The highest BCUT2D eigenvalue weighted by Crippen LogP contribution is 2.37. The van der Waals surface area contributed by atoms with E-state index in [2.05, 4.69) is 39.4 Å². The third-order valence-corrected chi connectivity index (χ3v) is 8.17. The van der Waals surface area contributed by atoms with Crippen LogP contribution in [0.3, 0.4) is 0 Å². The minimum absolute atomic E-state index is 0.00862. The van der Waals surface area contributed by atoms with E-state index in [0.29, 0.717) is 30.8 Å². The first kappa shape index (κ1) is 23.8. The van der Waals surface area contributed by atoms with Gasteiger partial charge in [0.1, 0.15) is 5.82 Å². The molecule has 1 saturated carbocycles. The van der Waals surface area contributed by atoms with Gasteiger partial charge in [-0.2, -0.15) is 0 Å². The molecule has 2 aliphatic rings. The summed E-state index contributed by atoms with van der Waals surface area (Å²) in [5, 5.41) is 8.78. The molecule has 3 heterocycles. The molecule has 1 aliphatic carbocycles. The number of aromatic amines is 1. The van der Waals surface area contributed by atoms with E-state index in [-0.39, 0.29) is 29.1 Å². The molecule has 8 heteroatoms. The topological polar surface area (TPSA) is 92.6 Å². The molecular formula is C31H29N5O3. The van der Waals surface area contributed by atoms with Gasteiger partial charge in [0, 0.05) is 24.6 Å². The predicted molar refractivity (Wildman–Crippen MR) is 147 cm³/mol. The van der Waals surface area contributed by atoms with E-state index in [1.807, 2.05) is 52.6 Å². The Morgan fingerprint density at radius 2 is 1.74 bits per heavy atom. The van der Waals surface area contributed by atoms with E-state index in [9.17, 15) is 9.59 Å². The summed E-state index contributed by atoms with van der Waals surface area (Å²) in [4.78, 5) is 31.4. The monoisotopic (exact) mass is 519 g/mol. The van der Waals surface area contributed by atoms with Crippen LogP contribution in [-0.4, -0.2) is 36.5 Å². The molecule has 1 fully saturated rings. The van der Waals surface area contributed by atoms with Crippen LogP contribution in [0.5, 0.6) is 0 Å². The van der Waals surface area contributed by atoms with Crippen molar-refractivity contribution in [1.29, 1.82) is 0 Å². The molecule has 8 nitrogen and oxygen atoms in total. The lowest BCUT2D eigenvalue weighted by molar-refractivity contribution is 0.0326. The zero-order chi connectivity index (χ0) is 26.5. The van der Waals surface area contributed by atoms with Crippen molar-refractivity contribution in [3.63, 3.8) is 0 Å². The quantitative estimate of drug-likeness (QED) is 0.357. The summed E-state index contributed by atoms with van der Waals surface area (Å²) in [6, 6.07) is 22.1. The molecule has 5 aromatic rings. The molecule has 196 valence electrons. The van der Waals surface area contributed by atoms with Crippen LogP contribution in [0.25, 0.3) is 16.7 Å². The summed E-state index contributed by atoms with van der Waals surface area (Å²) in [6.07, 6.45) is 2.87. The molecular weight excluding hydrogens is 490 g/mol. The number of H-pyrrole nitrogens is 1. The largest absolute Gasteiger partial charge is 0.373 e. The Morgan fingerprint density at radius 3 is 2.51 bits per heavy atom. The van der Waals surface area contributed by atoms with E-state index >= 15 is 0 Å². The number of nitrogens with zero attached hydrogens (tertiary/aromatic N) is 4. The number of carbonyl (C=O) groups excluding carboxylic acids is 1. The molecule has 1 aliphatic heterocycles. The van der Waals surface area contributed by atoms with Crippen LogP contribution in [0, 0.1) is 6.92 Å². The Bertz CT molecular complexity index is 1750. The lowest BCUT2D eigenvalue weighted by Crippen LogP contribution is -2.26. The Morgan fingerprint density at radius 1 is 1.00 bits per heavy atom. The Hall–Kier alpha value is -4.30. The summed E-state index contributed by atoms with van der Waals surface area (Å²) >= 11 is 0. The number of rotatable bonds is 5. The first-order valence-electron chi connectivity index (χ1n) is 13.5. The van der Waals surface area contributed by atoms with E-state index in [4.69, 9.17) is 4.74 Å². The van der Waals surface area contributed by atoms with Gasteiger partial charge in [-0.05, 0) is 54.2 Å². The number of amides is 1. The van der Waals surface area contributed by atoms with Crippen molar-refractivity contribution in [3.8, 4) is 0 Å². The first-order chi connectivity index (χ1) is 19.1. The van der Waals surface area contributed by atoms with Gasteiger partial charge in [-0.25, -0.2) is 0 Å². The minimum Gasteiger partial charge on any atom is -0.373 e. The highest BCUT2D eigenvalue weighted by Gasteiger charge is 2.34. The Labute approximate surface area is 225 Å². The summed E-state index contributed by atoms with van der Waals surface area (Å²) < 4.78 is 8.23. The third-order valence-electron chi connectivity index (χ3n) is 8.17. The molecule has 0 bridgehead atoms. The fraction of sp³-hybridized carbons (Fsp3) is 0.290. The Balaban J connectivity index is 1.24. The average Bonchev–Trinajstić information content (AvgIpc) is 3.70. The molecule has 0 radical (unpaired) electrons.